The summed E-state index contributed by atoms with van der Waals surface area (Å²) in [5.74, 6) is -1.99. The van der Waals surface area contributed by atoms with Crippen molar-refractivity contribution in [1.29, 1.82) is 0 Å². The number of amides is 2. The molecule has 36 heavy (non-hydrogen) atoms. The van der Waals surface area contributed by atoms with Gasteiger partial charge in [0.1, 0.15) is 30.8 Å². The minimum absolute atomic E-state index is 0.0173. The Balaban J connectivity index is 1.30. The first kappa shape index (κ1) is 24.7. The molecule has 5 heterocycles. The molecule has 0 bridgehead atoms. The van der Waals surface area contributed by atoms with Crippen molar-refractivity contribution in [1.82, 2.24) is 24.6 Å². The molecule has 5 rings (SSSR count). The van der Waals surface area contributed by atoms with Crippen LogP contribution in [-0.4, -0.2) is 109 Å². The number of rotatable bonds is 8. The van der Waals surface area contributed by atoms with Crippen molar-refractivity contribution >= 4 is 51.9 Å². The Kier molecular flexibility index (Phi) is 6.72. The van der Waals surface area contributed by atoms with Crippen LogP contribution in [0.1, 0.15) is 18.7 Å². The number of thioether (sulfide) groups is 1. The number of nitrogen functional groups attached to an aromatic ring is 1. The number of carboxylic acids is 1. The number of nitrogens with one attached hydrogen (secondary N) is 1. The lowest BCUT2D eigenvalue weighted by Crippen LogP contribution is -2.71. The maximum absolute atomic E-state index is 13.0. The Morgan fingerprint density at radius 1 is 1.36 bits per heavy atom. The van der Waals surface area contributed by atoms with Crippen LogP contribution in [0.3, 0.4) is 0 Å². The van der Waals surface area contributed by atoms with Gasteiger partial charge in [-0.2, -0.15) is 14.4 Å². The second-order valence-corrected chi connectivity index (χ2v) is 10.8. The van der Waals surface area contributed by atoms with E-state index in [9.17, 15) is 19.5 Å². The van der Waals surface area contributed by atoms with E-state index in [1.54, 1.807) is 0 Å². The van der Waals surface area contributed by atoms with Crippen LogP contribution in [0.2, 0.25) is 0 Å². The molecule has 3 fully saturated rings. The van der Waals surface area contributed by atoms with Gasteiger partial charge in [-0.3, -0.25) is 14.5 Å². The van der Waals surface area contributed by atoms with Gasteiger partial charge in [-0.15, -0.1) is 11.8 Å². The predicted molar refractivity (Wildman–Crippen MR) is 132 cm³/mol. The predicted octanol–water partition coefficient (Wildman–Crippen LogP) is -0.393. The first-order chi connectivity index (χ1) is 17.3. The van der Waals surface area contributed by atoms with E-state index in [1.807, 2.05) is 12.2 Å². The smallest absolute Gasteiger partial charge is 0.352 e. The summed E-state index contributed by atoms with van der Waals surface area (Å²) in [7, 11) is 1.27. The average molecular weight is 536 g/mol. The quantitative estimate of drug-likeness (QED) is 0.173. The third kappa shape index (κ3) is 4.25. The number of carbonyl (C=O) groups is 3. The average Bonchev–Trinajstić information content (AvgIpc) is 3.56. The lowest BCUT2D eigenvalue weighted by atomic mass is 10.0. The van der Waals surface area contributed by atoms with Crippen molar-refractivity contribution in [3.8, 4) is 0 Å². The molecule has 4 aliphatic heterocycles. The van der Waals surface area contributed by atoms with Gasteiger partial charge in [0.2, 0.25) is 11.5 Å². The number of carboxylic acid groups (broad SMARTS) is 1. The number of nitrogens with zero attached hydrogens (tertiary/aromatic N) is 6. The topological polar surface area (TPSA) is 163 Å². The van der Waals surface area contributed by atoms with Crippen molar-refractivity contribution in [2.24, 2.45) is 5.16 Å². The SMILES string of the molecule is CO/N=C(\C(=O)N[C@@H]1C(=O)N2C(C(=O)O)=C(/C=C/C[N+]34CCCN3CCC4)CS[C@H]12)c1nsc(N)n1. The molecule has 2 atom stereocenters. The largest absolute Gasteiger partial charge is 0.477 e. The second kappa shape index (κ2) is 9.80. The minimum Gasteiger partial charge on any atom is -0.477 e. The number of aromatic nitrogens is 2. The molecule has 0 aliphatic carbocycles. The molecule has 15 heteroatoms. The molecule has 0 saturated carbocycles. The number of quaternary nitrogens is 1. The van der Waals surface area contributed by atoms with E-state index in [-0.39, 0.29) is 22.4 Å². The Morgan fingerprint density at radius 2 is 2.11 bits per heavy atom. The van der Waals surface area contributed by atoms with Gasteiger partial charge >= 0.3 is 5.97 Å². The first-order valence-corrected chi connectivity index (χ1v) is 13.4. The third-order valence-corrected chi connectivity index (χ3v) is 8.73. The number of anilines is 1. The summed E-state index contributed by atoms with van der Waals surface area (Å²) in [6.45, 7) is 5.23. The fourth-order valence-electron chi connectivity index (χ4n) is 5.30. The normalized spacial score (nSPS) is 25.6. The van der Waals surface area contributed by atoms with Crippen molar-refractivity contribution < 1.29 is 28.9 Å². The summed E-state index contributed by atoms with van der Waals surface area (Å²) in [5.41, 5.74) is 5.93. The molecule has 192 valence electrons. The highest BCUT2D eigenvalue weighted by atomic mass is 32.2. The lowest BCUT2D eigenvalue weighted by Gasteiger charge is -2.49. The highest BCUT2D eigenvalue weighted by molar-refractivity contribution is 8.00. The summed E-state index contributed by atoms with van der Waals surface area (Å²) in [6.07, 6.45) is 6.22. The van der Waals surface area contributed by atoms with E-state index in [4.69, 9.17) is 10.6 Å². The Bertz CT molecular complexity index is 1170. The van der Waals surface area contributed by atoms with Crippen LogP contribution in [0.5, 0.6) is 0 Å². The van der Waals surface area contributed by atoms with Gasteiger partial charge in [0.25, 0.3) is 11.8 Å². The van der Waals surface area contributed by atoms with E-state index in [0.717, 1.165) is 48.8 Å². The third-order valence-electron chi connectivity index (χ3n) is 6.88. The molecule has 1 aromatic heterocycles. The number of fused-ring (bicyclic) bond motifs is 2. The summed E-state index contributed by atoms with van der Waals surface area (Å²) < 4.78 is 4.90. The summed E-state index contributed by atoms with van der Waals surface area (Å²) in [5, 5.41) is 18.3. The number of aliphatic carboxylic acids is 1. The summed E-state index contributed by atoms with van der Waals surface area (Å²) in [4.78, 5) is 47.9. The van der Waals surface area contributed by atoms with Crippen molar-refractivity contribution in [2.75, 3.05) is 51.3 Å². The van der Waals surface area contributed by atoms with Crippen LogP contribution >= 0.6 is 23.3 Å². The van der Waals surface area contributed by atoms with Crippen molar-refractivity contribution in [3.05, 3.63) is 29.2 Å². The highest BCUT2D eigenvalue weighted by Gasteiger charge is 2.54. The number of allylic oxidation sites excluding steroid dienone is 1. The van der Waals surface area contributed by atoms with Crippen molar-refractivity contribution in [2.45, 2.75) is 24.3 Å². The fraction of sp³-hybridized carbons (Fsp3) is 0.524. The van der Waals surface area contributed by atoms with Gasteiger partial charge < -0.3 is 21.0 Å². The molecular formula is C21H27N8O5S2+. The lowest BCUT2D eigenvalue weighted by molar-refractivity contribution is -1.00. The first-order valence-electron chi connectivity index (χ1n) is 11.6. The number of hydrogen-bond donors (Lipinski definition) is 3. The van der Waals surface area contributed by atoms with E-state index >= 15 is 0 Å². The molecule has 0 aromatic carbocycles. The maximum Gasteiger partial charge on any atom is 0.352 e. The number of carbonyl (C=O) groups excluding carboxylic acids is 2. The zero-order chi connectivity index (χ0) is 25.4. The molecule has 0 radical (unpaired) electrons. The van der Waals surface area contributed by atoms with E-state index < -0.39 is 29.2 Å². The van der Waals surface area contributed by atoms with Crippen LogP contribution in [0.4, 0.5) is 5.13 Å². The molecule has 2 amide bonds. The molecule has 13 nitrogen and oxygen atoms in total. The van der Waals surface area contributed by atoms with Gasteiger partial charge in [-0.25, -0.2) is 9.39 Å². The van der Waals surface area contributed by atoms with E-state index in [2.05, 4.69) is 24.8 Å². The standard InChI is InChI=1S/C21H26N8O5S2/c1-34-25-13(16-24-21(22)36-26-16)17(30)23-14-18(31)28-15(20(32)33)12(11-35-19(14)28)5-2-8-29-9-3-6-27(29)7-4-10-29/h2,5,14,19H,3-4,6-11H2,1H3,(H3-,22,23,24,26,30,32,33)/p+1/b5-2+,25-13-/t14-,19-/m1/s1. The van der Waals surface area contributed by atoms with Gasteiger partial charge in [-0.1, -0.05) is 11.2 Å². The van der Waals surface area contributed by atoms with E-state index in [1.165, 1.54) is 36.6 Å². The number of β-lactam (4-membered cyclic amide) rings is 1. The van der Waals surface area contributed by atoms with Crippen LogP contribution in [0, 0.1) is 0 Å². The van der Waals surface area contributed by atoms with Gasteiger partial charge in [0, 0.05) is 30.1 Å². The molecule has 3 saturated heterocycles. The molecule has 1 aromatic rings. The number of nitrogens with two attached hydrogens (primary N) is 1. The molecule has 4 aliphatic rings. The van der Waals surface area contributed by atoms with E-state index in [0.29, 0.717) is 11.3 Å². The molecule has 0 unspecified atom stereocenters. The zero-order valence-electron chi connectivity index (χ0n) is 19.6. The zero-order valence-corrected chi connectivity index (χ0v) is 21.3. The minimum atomic E-state index is -1.17. The Hall–Kier alpha value is -3.01. The summed E-state index contributed by atoms with van der Waals surface area (Å²) in [6, 6.07) is -0.915. The molecule has 0 spiro atoms. The molecule has 4 N–H and O–H groups in total. The summed E-state index contributed by atoms with van der Waals surface area (Å²) >= 11 is 2.30. The van der Waals surface area contributed by atoms with Crippen LogP contribution < -0.4 is 11.1 Å². The van der Waals surface area contributed by atoms with Gasteiger partial charge in [-0.05, 0) is 11.6 Å². The van der Waals surface area contributed by atoms with Crippen LogP contribution in [-0.2, 0) is 19.2 Å². The van der Waals surface area contributed by atoms with Crippen LogP contribution in [0.25, 0.3) is 0 Å². The van der Waals surface area contributed by atoms with Gasteiger partial charge in [0.05, 0.1) is 26.2 Å². The number of oxime groups is 1. The monoisotopic (exact) mass is 535 g/mol. The Morgan fingerprint density at radius 3 is 2.75 bits per heavy atom. The highest BCUT2D eigenvalue weighted by Crippen LogP contribution is 2.41. The Labute approximate surface area is 215 Å². The maximum atomic E-state index is 13.0. The van der Waals surface area contributed by atoms with Gasteiger partial charge in [0.15, 0.2) is 5.13 Å². The molecular weight excluding hydrogens is 508 g/mol. The number of hydrogen-bond acceptors (Lipinski definition) is 11. The fourth-order valence-corrected chi connectivity index (χ4v) is 7.06. The van der Waals surface area contributed by atoms with Crippen molar-refractivity contribution in [3.63, 3.8) is 0 Å². The second-order valence-electron chi connectivity index (χ2n) is 8.91. The van der Waals surface area contributed by atoms with Crippen LogP contribution in [0.15, 0.2) is 28.6 Å².